The highest BCUT2D eigenvalue weighted by atomic mass is 32.1. The monoisotopic (exact) mass is 401 g/mol. The highest BCUT2D eigenvalue weighted by Gasteiger charge is 2.32. The first kappa shape index (κ1) is 19.1. The summed E-state index contributed by atoms with van der Waals surface area (Å²) in [6, 6.07) is 0. The zero-order chi connectivity index (χ0) is 19.8. The van der Waals surface area contributed by atoms with Crippen LogP contribution in [0.15, 0.2) is 12.0 Å². The smallest absolute Gasteiger partial charge is 0.251 e. The van der Waals surface area contributed by atoms with E-state index in [2.05, 4.69) is 9.97 Å². The Hall–Kier alpha value is -2.19. The van der Waals surface area contributed by atoms with Gasteiger partial charge in [-0.1, -0.05) is 0 Å². The molecule has 1 atom stereocenters. The third kappa shape index (κ3) is 3.35. The molecule has 0 spiro atoms. The third-order valence-electron chi connectivity index (χ3n) is 5.89. The second-order valence-corrected chi connectivity index (χ2v) is 8.74. The molecule has 28 heavy (non-hydrogen) atoms. The molecule has 0 aliphatic carbocycles. The third-order valence-corrected chi connectivity index (χ3v) is 6.92. The standard InChI is InChI=1S/C20H27N5O2S/c1-11(12(2)21)15-17-18(28-19(15)22)16(23-10-24-17)13-5-7-25(8-6-13)20(26)14-4-3-9-27-14/h10,13-14H,3-9,21-22H2,1-2H3/b12-11-. The van der Waals surface area contributed by atoms with E-state index in [9.17, 15) is 4.79 Å². The number of fused-ring (bicyclic) bond motifs is 1. The highest BCUT2D eigenvalue weighted by molar-refractivity contribution is 7.23. The first-order valence-electron chi connectivity index (χ1n) is 9.84. The fourth-order valence-corrected chi connectivity index (χ4v) is 5.29. The fraction of sp³-hybridized carbons (Fsp3) is 0.550. The lowest BCUT2D eigenvalue weighted by Crippen LogP contribution is -2.43. The van der Waals surface area contributed by atoms with Crippen molar-refractivity contribution in [2.75, 3.05) is 25.4 Å². The van der Waals surface area contributed by atoms with Crippen molar-refractivity contribution in [3.63, 3.8) is 0 Å². The van der Waals surface area contributed by atoms with Gasteiger partial charge < -0.3 is 21.1 Å². The Balaban J connectivity index is 1.57. The fourth-order valence-electron chi connectivity index (χ4n) is 4.14. The van der Waals surface area contributed by atoms with Crippen LogP contribution in [-0.4, -0.2) is 46.6 Å². The summed E-state index contributed by atoms with van der Waals surface area (Å²) in [5, 5.41) is 0.727. The van der Waals surface area contributed by atoms with Gasteiger partial charge in [0.25, 0.3) is 5.91 Å². The van der Waals surface area contributed by atoms with E-state index in [1.807, 2.05) is 18.7 Å². The molecular formula is C20H27N5O2S. The van der Waals surface area contributed by atoms with Crippen LogP contribution in [0.2, 0.25) is 0 Å². The summed E-state index contributed by atoms with van der Waals surface area (Å²) in [7, 11) is 0. The van der Waals surface area contributed by atoms with Crippen molar-refractivity contribution in [1.82, 2.24) is 14.9 Å². The van der Waals surface area contributed by atoms with Gasteiger partial charge in [-0.3, -0.25) is 4.79 Å². The molecule has 2 aromatic heterocycles. The Morgan fingerprint density at radius 2 is 2.00 bits per heavy atom. The summed E-state index contributed by atoms with van der Waals surface area (Å²) >= 11 is 1.53. The average molecular weight is 402 g/mol. The van der Waals surface area contributed by atoms with E-state index in [0.717, 1.165) is 76.5 Å². The van der Waals surface area contributed by atoms with Crippen molar-refractivity contribution in [3.05, 3.63) is 23.3 Å². The van der Waals surface area contributed by atoms with Crippen molar-refractivity contribution in [2.24, 2.45) is 5.73 Å². The zero-order valence-corrected chi connectivity index (χ0v) is 17.2. The predicted molar refractivity (Wildman–Crippen MR) is 112 cm³/mol. The second kappa shape index (κ2) is 7.67. The van der Waals surface area contributed by atoms with Gasteiger partial charge in [0.05, 0.1) is 20.9 Å². The molecule has 2 aliphatic heterocycles. The summed E-state index contributed by atoms with van der Waals surface area (Å²) in [6.07, 6.45) is 4.98. The summed E-state index contributed by atoms with van der Waals surface area (Å²) in [5.74, 6) is 0.443. The number of thiophene rings is 1. The summed E-state index contributed by atoms with van der Waals surface area (Å²) < 4.78 is 6.60. The van der Waals surface area contributed by atoms with Gasteiger partial charge in [-0.2, -0.15) is 0 Å². The van der Waals surface area contributed by atoms with E-state index in [-0.39, 0.29) is 12.0 Å². The number of anilines is 1. The minimum absolute atomic E-state index is 0.144. The lowest BCUT2D eigenvalue weighted by Gasteiger charge is -2.33. The molecule has 7 nitrogen and oxygen atoms in total. The van der Waals surface area contributed by atoms with Crippen molar-refractivity contribution >= 4 is 38.0 Å². The molecule has 0 saturated carbocycles. The molecule has 0 bridgehead atoms. The molecule has 4 rings (SSSR count). The Bertz CT molecular complexity index is 920. The number of hydrogen-bond donors (Lipinski definition) is 2. The molecule has 0 radical (unpaired) electrons. The number of rotatable bonds is 3. The lowest BCUT2D eigenvalue weighted by atomic mass is 9.92. The molecule has 4 heterocycles. The van der Waals surface area contributed by atoms with Gasteiger partial charge in [0, 0.05) is 36.9 Å². The van der Waals surface area contributed by atoms with E-state index in [4.69, 9.17) is 16.2 Å². The Labute approximate surface area is 168 Å². The Morgan fingerprint density at radius 3 is 2.64 bits per heavy atom. The van der Waals surface area contributed by atoms with Gasteiger partial charge in [0.1, 0.15) is 12.4 Å². The number of piperidine rings is 1. The molecule has 2 saturated heterocycles. The number of allylic oxidation sites excluding steroid dienone is 2. The summed E-state index contributed by atoms with van der Waals surface area (Å²) in [4.78, 5) is 23.6. The average Bonchev–Trinajstić information content (AvgIpc) is 3.34. The van der Waals surface area contributed by atoms with Crippen molar-refractivity contribution < 1.29 is 9.53 Å². The van der Waals surface area contributed by atoms with Crippen LogP contribution >= 0.6 is 11.3 Å². The SMILES string of the molecule is C/C(N)=C(\C)c1c(N)sc2c(C3CCN(C(=O)C4CCCO4)CC3)ncnc12. The molecular weight excluding hydrogens is 374 g/mol. The molecule has 2 aliphatic rings. The number of nitrogens with zero attached hydrogens (tertiary/aromatic N) is 3. The van der Waals surface area contributed by atoms with E-state index in [0.29, 0.717) is 12.5 Å². The van der Waals surface area contributed by atoms with Crippen LogP contribution in [0.25, 0.3) is 15.8 Å². The first-order valence-corrected chi connectivity index (χ1v) is 10.7. The maximum Gasteiger partial charge on any atom is 0.251 e. The maximum atomic E-state index is 12.6. The minimum Gasteiger partial charge on any atom is -0.402 e. The molecule has 1 amide bonds. The number of hydrogen-bond acceptors (Lipinski definition) is 7. The zero-order valence-electron chi connectivity index (χ0n) is 16.4. The molecule has 2 aromatic rings. The van der Waals surface area contributed by atoms with Gasteiger partial charge in [0.15, 0.2) is 0 Å². The second-order valence-electron chi connectivity index (χ2n) is 7.69. The van der Waals surface area contributed by atoms with E-state index in [1.54, 1.807) is 6.33 Å². The number of aromatic nitrogens is 2. The molecule has 150 valence electrons. The van der Waals surface area contributed by atoms with Gasteiger partial charge >= 0.3 is 0 Å². The quantitative estimate of drug-likeness (QED) is 0.819. The Morgan fingerprint density at radius 1 is 1.25 bits per heavy atom. The van der Waals surface area contributed by atoms with Crippen LogP contribution in [0.4, 0.5) is 5.00 Å². The number of nitrogen functional groups attached to an aromatic ring is 1. The largest absolute Gasteiger partial charge is 0.402 e. The van der Waals surface area contributed by atoms with Crippen molar-refractivity contribution in [3.8, 4) is 0 Å². The van der Waals surface area contributed by atoms with Crippen LogP contribution in [-0.2, 0) is 9.53 Å². The number of carbonyl (C=O) groups excluding carboxylic acids is 1. The molecule has 4 N–H and O–H groups in total. The number of amides is 1. The van der Waals surface area contributed by atoms with Gasteiger partial charge in [0.2, 0.25) is 0 Å². The van der Waals surface area contributed by atoms with E-state index >= 15 is 0 Å². The van der Waals surface area contributed by atoms with E-state index in [1.165, 1.54) is 11.3 Å². The minimum atomic E-state index is -0.240. The van der Waals surface area contributed by atoms with Gasteiger partial charge in [-0.25, -0.2) is 9.97 Å². The topological polar surface area (TPSA) is 107 Å². The number of likely N-dealkylation sites (tertiary alicyclic amines) is 1. The molecule has 2 fully saturated rings. The number of nitrogens with two attached hydrogens (primary N) is 2. The summed E-state index contributed by atoms with van der Waals surface area (Å²) in [6.45, 7) is 6.03. The maximum absolute atomic E-state index is 12.6. The van der Waals surface area contributed by atoms with Gasteiger partial charge in [-0.15, -0.1) is 11.3 Å². The van der Waals surface area contributed by atoms with Crippen LogP contribution in [0, 0.1) is 0 Å². The van der Waals surface area contributed by atoms with Crippen LogP contribution in [0.5, 0.6) is 0 Å². The van der Waals surface area contributed by atoms with Crippen molar-refractivity contribution in [1.29, 1.82) is 0 Å². The number of ether oxygens (including phenoxy) is 1. The summed E-state index contributed by atoms with van der Waals surface area (Å²) in [5.41, 5.74) is 16.9. The van der Waals surface area contributed by atoms with Gasteiger partial charge in [-0.05, 0) is 45.1 Å². The first-order chi connectivity index (χ1) is 13.5. The normalized spacial score (nSPS) is 21.9. The lowest BCUT2D eigenvalue weighted by molar-refractivity contribution is -0.142. The van der Waals surface area contributed by atoms with Crippen LogP contribution in [0.1, 0.15) is 56.7 Å². The molecule has 1 unspecified atom stereocenters. The predicted octanol–water partition coefficient (Wildman–Crippen LogP) is 2.87. The number of carbonyl (C=O) groups is 1. The highest BCUT2D eigenvalue weighted by Crippen LogP contribution is 2.41. The van der Waals surface area contributed by atoms with E-state index < -0.39 is 0 Å². The molecule has 0 aromatic carbocycles. The Kier molecular flexibility index (Phi) is 5.25. The van der Waals surface area contributed by atoms with Crippen LogP contribution < -0.4 is 11.5 Å². The molecule has 8 heteroatoms. The van der Waals surface area contributed by atoms with Crippen molar-refractivity contribution in [2.45, 2.75) is 51.6 Å². The van der Waals surface area contributed by atoms with Crippen LogP contribution in [0.3, 0.4) is 0 Å².